The van der Waals surface area contributed by atoms with E-state index < -0.39 is 28.5 Å². The van der Waals surface area contributed by atoms with Gasteiger partial charge in [0.25, 0.3) is 16.8 Å². The minimum absolute atomic E-state index is 0.142. The maximum absolute atomic E-state index is 12.5. The summed E-state index contributed by atoms with van der Waals surface area (Å²) in [4.78, 5) is 47.8. The molecule has 148 valence electrons. The number of benzene rings is 2. The lowest BCUT2D eigenvalue weighted by Crippen LogP contribution is -2.36. The van der Waals surface area contributed by atoms with Gasteiger partial charge in [-0.05, 0) is 41.6 Å². The Bertz CT molecular complexity index is 1050. The summed E-state index contributed by atoms with van der Waals surface area (Å²) in [6.45, 7) is -0.606. The van der Waals surface area contributed by atoms with E-state index in [9.17, 15) is 29.6 Å². The molecule has 0 saturated carbocycles. The van der Waals surface area contributed by atoms with Crippen LogP contribution < -0.4 is 5.32 Å². The van der Waals surface area contributed by atoms with Crippen molar-refractivity contribution in [2.75, 3.05) is 11.9 Å². The SMILES string of the molecule is O=C(CN1C(=O)S/C(=C/c2ccc(Cl)cc2)C1=O)Nc1cc([N+](=O)[O-])ccc1O. The van der Waals surface area contributed by atoms with E-state index >= 15 is 0 Å². The Morgan fingerprint density at radius 3 is 2.59 bits per heavy atom. The number of non-ortho nitro benzene ring substituents is 1. The van der Waals surface area contributed by atoms with Crippen molar-refractivity contribution in [3.8, 4) is 5.75 Å². The molecule has 0 aromatic heterocycles. The number of hydrogen-bond acceptors (Lipinski definition) is 7. The fraction of sp³-hybridized carbons (Fsp3) is 0.0556. The highest BCUT2D eigenvalue weighted by molar-refractivity contribution is 8.18. The molecule has 1 fully saturated rings. The molecule has 29 heavy (non-hydrogen) atoms. The van der Waals surface area contributed by atoms with E-state index in [1.807, 2.05) is 0 Å². The third-order valence-corrected chi connectivity index (χ3v) is 4.97. The molecule has 0 spiro atoms. The molecule has 11 heteroatoms. The van der Waals surface area contributed by atoms with Gasteiger partial charge in [-0.15, -0.1) is 0 Å². The summed E-state index contributed by atoms with van der Waals surface area (Å²) in [5.74, 6) is -1.83. The zero-order valence-corrected chi connectivity index (χ0v) is 16.1. The molecule has 1 heterocycles. The average Bonchev–Trinajstić information content (AvgIpc) is 2.92. The summed E-state index contributed by atoms with van der Waals surface area (Å²) in [6.07, 6.45) is 1.51. The van der Waals surface area contributed by atoms with Crippen molar-refractivity contribution in [1.29, 1.82) is 0 Å². The van der Waals surface area contributed by atoms with Crippen molar-refractivity contribution in [2.24, 2.45) is 0 Å². The number of nitrogens with zero attached hydrogens (tertiary/aromatic N) is 2. The van der Waals surface area contributed by atoms with Crippen LogP contribution >= 0.6 is 23.4 Å². The van der Waals surface area contributed by atoms with Crippen LogP contribution in [0.5, 0.6) is 5.75 Å². The van der Waals surface area contributed by atoms with Crippen LogP contribution in [0.15, 0.2) is 47.4 Å². The summed E-state index contributed by atoms with van der Waals surface area (Å²) >= 11 is 6.50. The van der Waals surface area contributed by atoms with Crippen LogP contribution in [0.1, 0.15) is 5.56 Å². The number of imide groups is 1. The van der Waals surface area contributed by atoms with Gasteiger partial charge in [0.05, 0.1) is 15.5 Å². The first-order valence-electron chi connectivity index (χ1n) is 8.03. The van der Waals surface area contributed by atoms with E-state index in [2.05, 4.69) is 5.32 Å². The number of nitrogens with one attached hydrogen (secondary N) is 1. The smallest absolute Gasteiger partial charge is 0.294 e. The zero-order valence-electron chi connectivity index (χ0n) is 14.5. The number of phenols is 1. The number of anilines is 1. The van der Waals surface area contributed by atoms with Gasteiger partial charge in [-0.2, -0.15) is 0 Å². The zero-order chi connectivity index (χ0) is 21.1. The standard InChI is InChI=1S/C18H12ClN3O6S/c19-11-3-1-10(2-4-11)7-15-17(25)21(18(26)29-15)9-16(24)20-13-8-12(22(27)28)5-6-14(13)23/h1-8,23H,9H2,(H,20,24)/b15-7+. The van der Waals surface area contributed by atoms with E-state index in [1.54, 1.807) is 24.3 Å². The number of rotatable bonds is 5. The first-order chi connectivity index (χ1) is 13.7. The van der Waals surface area contributed by atoms with Crippen LogP contribution in [0.3, 0.4) is 0 Å². The Morgan fingerprint density at radius 1 is 1.24 bits per heavy atom. The second kappa shape index (κ2) is 8.33. The molecule has 2 N–H and O–H groups in total. The highest BCUT2D eigenvalue weighted by atomic mass is 35.5. The van der Waals surface area contributed by atoms with Gasteiger partial charge in [0.15, 0.2) is 0 Å². The molecule has 0 atom stereocenters. The molecular weight excluding hydrogens is 422 g/mol. The molecule has 0 unspecified atom stereocenters. The molecule has 0 bridgehead atoms. The Hall–Kier alpha value is -3.37. The van der Waals surface area contributed by atoms with Crippen LogP contribution in [-0.4, -0.2) is 38.5 Å². The Kier molecular flexibility index (Phi) is 5.85. The van der Waals surface area contributed by atoms with Crippen molar-refractivity contribution in [2.45, 2.75) is 0 Å². The second-order valence-electron chi connectivity index (χ2n) is 5.83. The summed E-state index contributed by atoms with van der Waals surface area (Å²) in [7, 11) is 0. The number of nitro benzene ring substituents is 1. The van der Waals surface area contributed by atoms with Gasteiger partial charge in [0.2, 0.25) is 5.91 Å². The maximum atomic E-state index is 12.5. The molecule has 9 nitrogen and oxygen atoms in total. The van der Waals surface area contributed by atoms with Crippen LogP contribution in [0, 0.1) is 10.1 Å². The van der Waals surface area contributed by atoms with Gasteiger partial charge in [-0.25, -0.2) is 0 Å². The van der Waals surface area contributed by atoms with Gasteiger partial charge < -0.3 is 10.4 Å². The van der Waals surface area contributed by atoms with Crippen molar-refractivity contribution in [3.05, 3.63) is 68.1 Å². The number of nitro groups is 1. The Labute approximate surface area is 173 Å². The minimum atomic E-state index is -0.796. The third kappa shape index (κ3) is 4.73. The first-order valence-corrected chi connectivity index (χ1v) is 9.22. The molecule has 0 aliphatic carbocycles. The van der Waals surface area contributed by atoms with E-state index in [0.717, 1.165) is 23.1 Å². The number of thioether (sulfide) groups is 1. The summed E-state index contributed by atoms with van der Waals surface area (Å²) in [5.41, 5.74) is 0.119. The number of hydrogen-bond donors (Lipinski definition) is 2. The number of halogens is 1. The Morgan fingerprint density at radius 2 is 1.93 bits per heavy atom. The molecule has 2 aromatic rings. The molecule has 3 amide bonds. The number of phenolic OH excluding ortho intramolecular Hbond substituents is 1. The normalized spacial score (nSPS) is 15.1. The highest BCUT2D eigenvalue weighted by Crippen LogP contribution is 2.33. The van der Waals surface area contributed by atoms with Gasteiger partial charge >= 0.3 is 0 Å². The molecule has 3 rings (SSSR count). The molecule has 1 aliphatic rings. The highest BCUT2D eigenvalue weighted by Gasteiger charge is 2.36. The van der Waals surface area contributed by atoms with Crippen molar-refractivity contribution in [1.82, 2.24) is 4.90 Å². The predicted octanol–water partition coefficient (Wildman–Crippen LogP) is 3.63. The maximum Gasteiger partial charge on any atom is 0.294 e. The number of amides is 3. The first kappa shape index (κ1) is 20.4. The third-order valence-electron chi connectivity index (χ3n) is 3.81. The number of carbonyl (C=O) groups excluding carboxylic acids is 3. The monoisotopic (exact) mass is 433 g/mol. The van der Waals surface area contributed by atoms with Crippen LogP contribution in [0.2, 0.25) is 5.02 Å². The number of aromatic hydroxyl groups is 1. The van der Waals surface area contributed by atoms with Crippen LogP contribution in [0.4, 0.5) is 16.2 Å². The average molecular weight is 434 g/mol. The molecule has 1 aliphatic heterocycles. The van der Waals surface area contributed by atoms with E-state index in [-0.39, 0.29) is 22.0 Å². The van der Waals surface area contributed by atoms with Gasteiger partial charge in [-0.1, -0.05) is 23.7 Å². The summed E-state index contributed by atoms with van der Waals surface area (Å²) in [6, 6.07) is 9.72. The van der Waals surface area contributed by atoms with Gasteiger partial charge in [0, 0.05) is 17.2 Å². The summed E-state index contributed by atoms with van der Waals surface area (Å²) in [5, 5.41) is 22.7. The lowest BCUT2D eigenvalue weighted by molar-refractivity contribution is -0.384. The van der Waals surface area contributed by atoms with Crippen molar-refractivity contribution < 1.29 is 24.4 Å². The largest absolute Gasteiger partial charge is 0.506 e. The lowest BCUT2D eigenvalue weighted by Gasteiger charge is -2.13. The van der Waals surface area contributed by atoms with Gasteiger partial charge in [-0.3, -0.25) is 29.4 Å². The fourth-order valence-electron chi connectivity index (χ4n) is 2.42. The van der Waals surface area contributed by atoms with E-state index in [1.165, 1.54) is 6.08 Å². The van der Waals surface area contributed by atoms with E-state index in [4.69, 9.17) is 11.6 Å². The quantitative estimate of drug-likeness (QED) is 0.318. The molecular formula is C18H12ClN3O6S. The van der Waals surface area contributed by atoms with Crippen molar-refractivity contribution >= 4 is 57.9 Å². The van der Waals surface area contributed by atoms with E-state index in [0.29, 0.717) is 22.3 Å². The van der Waals surface area contributed by atoms with Crippen LogP contribution in [0.25, 0.3) is 6.08 Å². The van der Waals surface area contributed by atoms with Crippen molar-refractivity contribution in [3.63, 3.8) is 0 Å². The molecule has 0 radical (unpaired) electrons. The summed E-state index contributed by atoms with van der Waals surface area (Å²) < 4.78 is 0. The van der Waals surface area contributed by atoms with Crippen LogP contribution in [-0.2, 0) is 9.59 Å². The number of carbonyl (C=O) groups is 3. The van der Waals surface area contributed by atoms with Gasteiger partial charge in [0.1, 0.15) is 12.3 Å². The molecule has 2 aromatic carbocycles. The lowest BCUT2D eigenvalue weighted by atomic mass is 10.2. The predicted molar refractivity (Wildman–Crippen MR) is 108 cm³/mol. The topological polar surface area (TPSA) is 130 Å². The fourth-order valence-corrected chi connectivity index (χ4v) is 3.38. The second-order valence-corrected chi connectivity index (χ2v) is 7.26. The molecule has 1 saturated heterocycles. The minimum Gasteiger partial charge on any atom is -0.506 e. The Balaban J connectivity index is 1.71.